The highest BCUT2D eigenvalue weighted by molar-refractivity contribution is 5.79. The zero-order valence-electron chi connectivity index (χ0n) is 25.0. The number of hydrogen-bond acceptors (Lipinski definition) is 2. The predicted octanol–water partition coefficient (Wildman–Crippen LogP) is 8.18. The van der Waals surface area contributed by atoms with E-state index in [1.165, 1.54) is 31.3 Å². The van der Waals surface area contributed by atoms with Crippen molar-refractivity contribution in [3.8, 4) is 0 Å². The molecule has 0 aliphatic heterocycles. The van der Waals surface area contributed by atoms with Crippen molar-refractivity contribution in [2.75, 3.05) is 0 Å². The van der Waals surface area contributed by atoms with Gasteiger partial charge < -0.3 is 10.2 Å². The zero-order valence-corrected chi connectivity index (χ0v) is 25.0. The molecule has 38 heavy (non-hydrogen) atoms. The second kappa shape index (κ2) is 6.69. The van der Waals surface area contributed by atoms with Crippen LogP contribution in [0.25, 0.3) is 0 Å². The molecule has 0 heterocycles. The molecular formula is C35H52O3. The van der Waals surface area contributed by atoms with E-state index >= 15 is 0 Å². The van der Waals surface area contributed by atoms with Gasteiger partial charge in [-0.15, -0.1) is 6.58 Å². The van der Waals surface area contributed by atoms with Crippen molar-refractivity contribution < 1.29 is 15.0 Å². The van der Waals surface area contributed by atoms with Crippen LogP contribution in [0.5, 0.6) is 0 Å². The number of carbonyl (C=O) groups is 1. The van der Waals surface area contributed by atoms with Crippen molar-refractivity contribution in [2.45, 2.75) is 124 Å². The number of allylic oxidation sites excluding steroid dienone is 1. The summed E-state index contributed by atoms with van der Waals surface area (Å²) < 4.78 is 0. The standard InChI is InChI=1S/C35H52O3/c1-9-12-33(38)19-15-28(6)25-11-14-32-21-35(32)24(22(2)3)10-13-31(35,26(36)37)18-17-29(32,7)27(25,5)16-20-34(28)23(4)30(33,34)8/h9,23-25,38H,1-2,10-21H2,3-8H3,(H,36,37). The van der Waals surface area contributed by atoms with Crippen LogP contribution >= 0.6 is 0 Å². The van der Waals surface area contributed by atoms with Gasteiger partial charge in [0.25, 0.3) is 0 Å². The van der Waals surface area contributed by atoms with Gasteiger partial charge in [-0.1, -0.05) is 52.8 Å². The van der Waals surface area contributed by atoms with Gasteiger partial charge in [-0.25, -0.2) is 0 Å². The monoisotopic (exact) mass is 520 g/mol. The molecule has 3 heteroatoms. The minimum Gasteiger partial charge on any atom is -0.481 e. The first-order chi connectivity index (χ1) is 17.6. The third kappa shape index (κ3) is 2.02. The SMILES string of the molecule is C=CCC1(O)CCC2(C)C3CCC45CC46C(C(=C)C)CCC6(C(=O)O)CCC5(C)C3(C)CCC23C(C)C13C. The average Bonchev–Trinajstić information content (AvgIpc) is 3.60. The Balaban J connectivity index is 1.34. The van der Waals surface area contributed by atoms with Crippen LogP contribution < -0.4 is 0 Å². The Morgan fingerprint density at radius 1 is 0.921 bits per heavy atom. The van der Waals surface area contributed by atoms with Crippen LogP contribution in [-0.4, -0.2) is 21.8 Å². The van der Waals surface area contributed by atoms with Gasteiger partial charge in [-0.3, -0.25) is 4.79 Å². The normalized spacial score (nSPS) is 63.2. The fraction of sp³-hybridized carbons (Fsp3) is 0.857. The Hall–Kier alpha value is -1.09. The van der Waals surface area contributed by atoms with Crippen LogP contribution in [0.1, 0.15) is 119 Å². The van der Waals surface area contributed by atoms with Crippen LogP contribution in [-0.2, 0) is 4.79 Å². The highest BCUT2D eigenvalue weighted by Crippen LogP contribution is 2.98. The van der Waals surface area contributed by atoms with Crippen molar-refractivity contribution >= 4 is 5.97 Å². The summed E-state index contributed by atoms with van der Waals surface area (Å²) in [5.41, 5.74) is 0.849. The Morgan fingerprint density at radius 3 is 2.24 bits per heavy atom. The molecule has 12 atom stereocenters. The lowest BCUT2D eigenvalue weighted by Gasteiger charge is -2.72. The van der Waals surface area contributed by atoms with Gasteiger partial charge in [-0.05, 0) is 134 Å². The number of fused-ring (bicyclic) bond motifs is 3. The maximum Gasteiger partial charge on any atom is 0.310 e. The maximum absolute atomic E-state index is 13.1. The number of carboxylic acid groups (broad SMARTS) is 1. The van der Waals surface area contributed by atoms with Crippen LogP contribution in [0, 0.1) is 61.1 Å². The van der Waals surface area contributed by atoms with Crippen LogP contribution in [0.4, 0.5) is 0 Å². The zero-order chi connectivity index (χ0) is 27.6. The second-order valence-corrected chi connectivity index (χ2v) is 16.7. The van der Waals surface area contributed by atoms with Gasteiger partial charge in [0.2, 0.25) is 0 Å². The van der Waals surface area contributed by atoms with Crippen molar-refractivity contribution in [1.29, 1.82) is 0 Å². The number of carboxylic acids is 1. The largest absolute Gasteiger partial charge is 0.481 e. The lowest BCUT2D eigenvalue weighted by atomic mass is 9.32. The minimum absolute atomic E-state index is 0.0408. The van der Waals surface area contributed by atoms with Crippen molar-refractivity contribution in [2.24, 2.45) is 61.1 Å². The van der Waals surface area contributed by atoms with E-state index in [9.17, 15) is 15.0 Å². The Kier molecular flexibility index (Phi) is 4.55. The first-order valence-corrected chi connectivity index (χ1v) is 15.8. The van der Waals surface area contributed by atoms with E-state index in [1.54, 1.807) is 0 Å². The van der Waals surface area contributed by atoms with Gasteiger partial charge in [0.15, 0.2) is 0 Å². The Bertz CT molecular complexity index is 1170. The van der Waals surface area contributed by atoms with E-state index in [1.807, 2.05) is 6.08 Å². The summed E-state index contributed by atoms with van der Waals surface area (Å²) in [6.07, 6.45) is 14.4. The molecule has 12 unspecified atom stereocenters. The smallest absolute Gasteiger partial charge is 0.310 e. The van der Waals surface area contributed by atoms with Crippen molar-refractivity contribution in [1.82, 2.24) is 0 Å². The molecule has 7 aliphatic carbocycles. The molecule has 7 aliphatic rings. The highest BCUT2D eigenvalue weighted by atomic mass is 16.4. The summed E-state index contributed by atoms with van der Waals surface area (Å²) >= 11 is 0. The van der Waals surface area contributed by atoms with E-state index in [0.29, 0.717) is 24.2 Å². The van der Waals surface area contributed by atoms with E-state index in [4.69, 9.17) is 0 Å². The number of hydrogen-bond donors (Lipinski definition) is 2. The van der Waals surface area contributed by atoms with E-state index < -0.39 is 17.0 Å². The maximum atomic E-state index is 13.1. The number of rotatable bonds is 4. The van der Waals surface area contributed by atoms with E-state index in [-0.39, 0.29) is 37.9 Å². The van der Waals surface area contributed by atoms with Crippen molar-refractivity contribution in [3.05, 3.63) is 24.8 Å². The molecule has 7 saturated carbocycles. The molecule has 0 bridgehead atoms. The van der Waals surface area contributed by atoms with E-state index in [2.05, 4.69) is 54.7 Å². The van der Waals surface area contributed by atoms with Crippen LogP contribution in [0.15, 0.2) is 24.8 Å². The molecule has 0 amide bonds. The van der Waals surface area contributed by atoms with Gasteiger partial charge in [-0.2, -0.15) is 0 Å². The lowest BCUT2D eigenvalue weighted by molar-refractivity contribution is -0.250. The summed E-state index contributed by atoms with van der Waals surface area (Å²) in [6, 6.07) is 0. The molecule has 210 valence electrons. The van der Waals surface area contributed by atoms with Crippen LogP contribution in [0.2, 0.25) is 0 Å². The molecule has 3 nitrogen and oxygen atoms in total. The quantitative estimate of drug-likeness (QED) is 0.367. The molecule has 0 saturated heterocycles. The first kappa shape index (κ1) is 25.8. The Morgan fingerprint density at radius 2 is 1.61 bits per heavy atom. The fourth-order valence-electron chi connectivity index (χ4n) is 15.5. The highest BCUT2D eigenvalue weighted by Gasteiger charge is 2.93. The Labute approximate surface area is 230 Å². The molecular weight excluding hydrogens is 468 g/mol. The summed E-state index contributed by atoms with van der Waals surface area (Å²) in [4.78, 5) is 13.1. The first-order valence-electron chi connectivity index (χ1n) is 15.8. The molecule has 0 aromatic heterocycles. The summed E-state index contributed by atoms with van der Waals surface area (Å²) in [5, 5.41) is 22.8. The minimum atomic E-state index is -0.633. The molecule has 0 aromatic rings. The number of aliphatic carboxylic acids is 1. The third-order valence-corrected chi connectivity index (χ3v) is 17.4. The molecule has 7 fully saturated rings. The topological polar surface area (TPSA) is 57.5 Å². The number of aliphatic hydroxyl groups is 1. The van der Waals surface area contributed by atoms with Gasteiger partial charge in [0.05, 0.1) is 11.0 Å². The summed E-state index contributed by atoms with van der Waals surface area (Å²) in [5.74, 6) is 1.01. The second-order valence-electron chi connectivity index (χ2n) is 16.7. The average molecular weight is 521 g/mol. The molecule has 2 N–H and O–H groups in total. The fourth-order valence-corrected chi connectivity index (χ4v) is 15.5. The van der Waals surface area contributed by atoms with E-state index in [0.717, 1.165) is 44.9 Å². The molecule has 7 rings (SSSR count). The summed E-state index contributed by atoms with van der Waals surface area (Å²) in [6.45, 7) is 23.4. The van der Waals surface area contributed by atoms with Crippen molar-refractivity contribution in [3.63, 3.8) is 0 Å². The molecule has 3 spiro atoms. The predicted molar refractivity (Wildman–Crippen MR) is 151 cm³/mol. The third-order valence-electron chi connectivity index (χ3n) is 17.4. The summed E-state index contributed by atoms with van der Waals surface area (Å²) in [7, 11) is 0. The lowest BCUT2D eigenvalue weighted by Crippen LogP contribution is -2.67. The van der Waals surface area contributed by atoms with Gasteiger partial charge >= 0.3 is 5.97 Å². The molecule has 0 radical (unpaired) electrons. The molecule has 0 aromatic carbocycles. The van der Waals surface area contributed by atoms with Crippen LogP contribution in [0.3, 0.4) is 0 Å². The van der Waals surface area contributed by atoms with Gasteiger partial charge in [0, 0.05) is 5.41 Å². The van der Waals surface area contributed by atoms with Gasteiger partial charge in [0.1, 0.15) is 0 Å².